The zero-order valence-electron chi connectivity index (χ0n) is 10.1. The van der Waals surface area contributed by atoms with Crippen molar-refractivity contribution in [3.63, 3.8) is 0 Å². The van der Waals surface area contributed by atoms with Crippen molar-refractivity contribution in [3.8, 4) is 0 Å². The number of hydrogen-bond donors (Lipinski definition) is 1. The Morgan fingerprint density at radius 2 is 2.53 bits per heavy atom. The van der Waals surface area contributed by atoms with Crippen LogP contribution in [0.4, 0.5) is 0 Å². The SMILES string of the molecule is C[C@@H]1CCCN(C(=O)Cc2ccon2)[C@@H]1CN. The maximum atomic E-state index is 12.2. The van der Waals surface area contributed by atoms with Gasteiger partial charge in [0.2, 0.25) is 5.91 Å². The smallest absolute Gasteiger partial charge is 0.229 e. The van der Waals surface area contributed by atoms with Crippen LogP contribution in [-0.4, -0.2) is 35.1 Å². The molecule has 1 aromatic heterocycles. The average molecular weight is 237 g/mol. The fraction of sp³-hybridized carbons (Fsp3) is 0.667. The van der Waals surface area contributed by atoms with Crippen LogP contribution in [0.25, 0.3) is 0 Å². The minimum Gasteiger partial charge on any atom is -0.364 e. The lowest BCUT2D eigenvalue weighted by Gasteiger charge is -2.39. The van der Waals surface area contributed by atoms with Crippen LogP contribution in [0.2, 0.25) is 0 Å². The number of likely N-dealkylation sites (tertiary alicyclic amines) is 1. The molecule has 1 aliphatic rings. The Labute approximate surface area is 101 Å². The molecule has 1 fully saturated rings. The number of nitrogens with two attached hydrogens (primary N) is 1. The van der Waals surface area contributed by atoms with E-state index in [2.05, 4.69) is 12.1 Å². The van der Waals surface area contributed by atoms with E-state index in [0.29, 0.717) is 24.6 Å². The second kappa shape index (κ2) is 5.31. The zero-order valence-corrected chi connectivity index (χ0v) is 10.1. The van der Waals surface area contributed by atoms with Gasteiger partial charge in [-0.15, -0.1) is 0 Å². The third-order valence-electron chi connectivity index (χ3n) is 3.50. The van der Waals surface area contributed by atoms with E-state index in [4.69, 9.17) is 10.3 Å². The van der Waals surface area contributed by atoms with Crippen molar-refractivity contribution in [1.82, 2.24) is 10.1 Å². The van der Waals surface area contributed by atoms with Gasteiger partial charge in [-0.05, 0) is 18.8 Å². The molecule has 5 nitrogen and oxygen atoms in total. The number of nitrogens with zero attached hydrogens (tertiary/aromatic N) is 2. The molecule has 0 unspecified atom stereocenters. The molecule has 2 atom stereocenters. The molecule has 94 valence electrons. The Hall–Kier alpha value is -1.36. The summed E-state index contributed by atoms with van der Waals surface area (Å²) < 4.78 is 4.73. The van der Waals surface area contributed by atoms with Gasteiger partial charge in [0.25, 0.3) is 0 Å². The van der Waals surface area contributed by atoms with Crippen LogP contribution in [0, 0.1) is 5.92 Å². The second-order valence-electron chi connectivity index (χ2n) is 4.68. The highest BCUT2D eigenvalue weighted by molar-refractivity contribution is 5.78. The number of piperidine rings is 1. The zero-order chi connectivity index (χ0) is 12.3. The summed E-state index contributed by atoms with van der Waals surface area (Å²) in [5, 5.41) is 3.77. The topological polar surface area (TPSA) is 72.4 Å². The van der Waals surface area contributed by atoms with Crippen LogP contribution in [0.3, 0.4) is 0 Å². The van der Waals surface area contributed by atoms with Crippen molar-refractivity contribution >= 4 is 5.91 Å². The summed E-state index contributed by atoms with van der Waals surface area (Å²) >= 11 is 0. The summed E-state index contributed by atoms with van der Waals surface area (Å²) in [5.41, 5.74) is 6.45. The normalized spacial score (nSPS) is 24.9. The van der Waals surface area contributed by atoms with Crippen LogP contribution < -0.4 is 5.73 Å². The number of rotatable bonds is 3. The minimum absolute atomic E-state index is 0.0981. The summed E-state index contributed by atoms with van der Waals surface area (Å²) in [7, 11) is 0. The molecule has 0 spiro atoms. The molecule has 1 saturated heterocycles. The Kier molecular flexibility index (Phi) is 3.78. The van der Waals surface area contributed by atoms with Gasteiger partial charge < -0.3 is 15.2 Å². The Morgan fingerprint density at radius 1 is 1.71 bits per heavy atom. The van der Waals surface area contributed by atoms with Gasteiger partial charge in [0, 0.05) is 25.2 Å². The number of hydrogen-bond acceptors (Lipinski definition) is 4. The van der Waals surface area contributed by atoms with Crippen LogP contribution in [0.1, 0.15) is 25.5 Å². The molecule has 1 aliphatic heterocycles. The molecule has 0 radical (unpaired) electrons. The lowest BCUT2D eigenvalue weighted by Crippen LogP contribution is -2.51. The van der Waals surface area contributed by atoms with Gasteiger partial charge in [0.05, 0.1) is 12.1 Å². The van der Waals surface area contributed by atoms with Gasteiger partial charge in [0.1, 0.15) is 6.26 Å². The first-order chi connectivity index (χ1) is 8.22. The average Bonchev–Trinajstić information content (AvgIpc) is 2.81. The molecule has 0 aliphatic carbocycles. The molecule has 2 heterocycles. The summed E-state index contributed by atoms with van der Waals surface area (Å²) in [6, 6.07) is 1.89. The fourth-order valence-corrected chi connectivity index (χ4v) is 2.50. The molecule has 1 aromatic rings. The first-order valence-electron chi connectivity index (χ1n) is 6.11. The maximum absolute atomic E-state index is 12.2. The van der Waals surface area contributed by atoms with E-state index < -0.39 is 0 Å². The van der Waals surface area contributed by atoms with Crippen LogP contribution in [0.5, 0.6) is 0 Å². The van der Waals surface area contributed by atoms with E-state index >= 15 is 0 Å². The number of carbonyl (C=O) groups is 1. The van der Waals surface area contributed by atoms with E-state index in [1.807, 2.05) is 4.90 Å². The fourth-order valence-electron chi connectivity index (χ4n) is 2.50. The second-order valence-corrected chi connectivity index (χ2v) is 4.68. The van der Waals surface area contributed by atoms with Crippen LogP contribution in [-0.2, 0) is 11.2 Å². The summed E-state index contributed by atoms with van der Waals surface area (Å²) in [6.45, 7) is 3.50. The third kappa shape index (κ3) is 2.66. The number of amides is 1. The van der Waals surface area contributed by atoms with E-state index in [1.54, 1.807) is 6.07 Å². The number of aromatic nitrogens is 1. The summed E-state index contributed by atoms with van der Waals surface area (Å²) in [6.07, 6.45) is 4.00. The standard InChI is InChI=1S/C12H19N3O2/c1-9-3-2-5-15(11(9)8-13)12(16)7-10-4-6-17-14-10/h4,6,9,11H,2-3,5,7-8,13H2,1H3/t9-,11-/m1/s1. The lowest BCUT2D eigenvalue weighted by molar-refractivity contribution is -0.135. The van der Waals surface area contributed by atoms with Gasteiger partial charge >= 0.3 is 0 Å². The third-order valence-corrected chi connectivity index (χ3v) is 3.50. The Balaban J connectivity index is 2.02. The molecule has 1 amide bonds. The molecule has 0 saturated carbocycles. The summed E-state index contributed by atoms with van der Waals surface area (Å²) in [5.74, 6) is 0.580. The first kappa shape index (κ1) is 12.1. The minimum atomic E-state index is 0.0981. The highest BCUT2D eigenvalue weighted by atomic mass is 16.5. The van der Waals surface area contributed by atoms with Crippen LogP contribution >= 0.6 is 0 Å². The van der Waals surface area contributed by atoms with Gasteiger partial charge in [-0.2, -0.15) is 0 Å². The van der Waals surface area contributed by atoms with E-state index in [-0.39, 0.29) is 11.9 Å². The lowest BCUT2D eigenvalue weighted by atomic mass is 9.90. The van der Waals surface area contributed by atoms with Gasteiger partial charge in [-0.1, -0.05) is 12.1 Å². The molecule has 2 rings (SSSR count). The molecule has 0 bridgehead atoms. The van der Waals surface area contributed by atoms with E-state index in [1.165, 1.54) is 6.26 Å². The largest absolute Gasteiger partial charge is 0.364 e. The Bertz CT molecular complexity index is 364. The van der Waals surface area contributed by atoms with Crippen LogP contribution in [0.15, 0.2) is 16.9 Å². The molecule has 2 N–H and O–H groups in total. The van der Waals surface area contributed by atoms with Crippen molar-refractivity contribution in [2.45, 2.75) is 32.2 Å². The van der Waals surface area contributed by atoms with Gasteiger partial charge in [0.15, 0.2) is 0 Å². The molecule has 0 aromatic carbocycles. The predicted octanol–water partition coefficient (Wildman–Crippen LogP) is 0.803. The van der Waals surface area contributed by atoms with Crippen molar-refractivity contribution in [3.05, 3.63) is 18.0 Å². The molecule has 5 heteroatoms. The molecule has 17 heavy (non-hydrogen) atoms. The van der Waals surface area contributed by atoms with Crippen molar-refractivity contribution in [2.75, 3.05) is 13.1 Å². The van der Waals surface area contributed by atoms with Crippen molar-refractivity contribution < 1.29 is 9.32 Å². The summed E-state index contributed by atoms with van der Waals surface area (Å²) in [4.78, 5) is 14.1. The van der Waals surface area contributed by atoms with Crippen molar-refractivity contribution in [1.29, 1.82) is 0 Å². The quantitative estimate of drug-likeness (QED) is 0.844. The van der Waals surface area contributed by atoms with E-state index in [9.17, 15) is 4.79 Å². The van der Waals surface area contributed by atoms with E-state index in [0.717, 1.165) is 19.4 Å². The highest BCUT2D eigenvalue weighted by Gasteiger charge is 2.30. The molecular formula is C12H19N3O2. The van der Waals surface area contributed by atoms with Gasteiger partial charge in [-0.3, -0.25) is 4.79 Å². The first-order valence-corrected chi connectivity index (χ1v) is 6.11. The highest BCUT2D eigenvalue weighted by Crippen LogP contribution is 2.23. The maximum Gasteiger partial charge on any atom is 0.229 e. The monoisotopic (exact) mass is 237 g/mol. The molecular weight excluding hydrogens is 218 g/mol. The van der Waals surface area contributed by atoms with Gasteiger partial charge in [-0.25, -0.2) is 0 Å². The Morgan fingerprint density at radius 3 is 3.18 bits per heavy atom. The predicted molar refractivity (Wildman–Crippen MR) is 63.2 cm³/mol. The van der Waals surface area contributed by atoms with Crippen molar-refractivity contribution in [2.24, 2.45) is 11.7 Å². The number of carbonyl (C=O) groups excluding carboxylic acids is 1.